The first-order valence-corrected chi connectivity index (χ1v) is 5.77. The van der Waals surface area contributed by atoms with Crippen molar-refractivity contribution in [2.45, 2.75) is 58.8 Å². The van der Waals surface area contributed by atoms with Crippen LogP contribution in [0.3, 0.4) is 0 Å². The van der Waals surface area contributed by atoms with Gasteiger partial charge in [-0.2, -0.15) is 0 Å². The highest BCUT2D eigenvalue weighted by Gasteiger charge is 2.45. The third kappa shape index (κ3) is 1.11. The van der Waals surface area contributed by atoms with Crippen molar-refractivity contribution in [1.82, 2.24) is 0 Å². The molecule has 0 saturated heterocycles. The van der Waals surface area contributed by atoms with Crippen LogP contribution >= 0.6 is 0 Å². The lowest BCUT2D eigenvalue weighted by Gasteiger charge is -2.40. The summed E-state index contributed by atoms with van der Waals surface area (Å²) in [4.78, 5) is 0. The van der Waals surface area contributed by atoms with Gasteiger partial charge in [-0.3, -0.25) is 0 Å². The Bertz CT molecular complexity index is 153. The summed E-state index contributed by atoms with van der Waals surface area (Å²) in [6, 6.07) is 0. The highest BCUT2D eigenvalue weighted by Crippen LogP contribution is 2.56. The molecule has 0 unspecified atom stereocenters. The third-order valence-corrected chi connectivity index (χ3v) is 4.74. The van der Waals surface area contributed by atoms with E-state index in [1.54, 1.807) is 0 Å². The molecule has 0 aromatic carbocycles. The fourth-order valence-corrected chi connectivity index (χ4v) is 3.84. The van der Waals surface area contributed by atoms with E-state index >= 15 is 0 Å². The molecule has 0 radical (unpaired) electrons. The maximum Gasteiger partial charge on any atom is -0.0269 e. The molecule has 2 aliphatic rings. The van der Waals surface area contributed by atoms with E-state index in [-0.39, 0.29) is 0 Å². The van der Waals surface area contributed by atoms with Gasteiger partial charge in [0, 0.05) is 0 Å². The predicted molar refractivity (Wildman–Crippen MR) is 53.1 cm³/mol. The van der Waals surface area contributed by atoms with Gasteiger partial charge in [-0.25, -0.2) is 0 Å². The van der Waals surface area contributed by atoms with Crippen LogP contribution in [0.15, 0.2) is 0 Å². The number of hydrogen-bond donors (Lipinski definition) is 0. The Labute approximate surface area is 76.7 Å². The van der Waals surface area contributed by atoms with Crippen LogP contribution in [-0.2, 0) is 0 Å². The van der Waals surface area contributed by atoms with E-state index in [1.165, 1.54) is 44.9 Å². The molecular formula is C12H22. The normalized spacial score (nSPS) is 47.5. The van der Waals surface area contributed by atoms with Crippen LogP contribution < -0.4 is 0 Å². The summed E-state index contributed by atoms with van der Waals surface area (Å²) < 4.78 is 0. The topological polar surface area (TPSA) is 0 Å². The largest absolute Gasteiger partial charge is 0.0651 e. The van der Waals surface area contributed by atoms with Gasteiger partial charge in [0.25, 0.3) is 0 Å². The van der Waals surface area contributed by atoms with Gasteiger partial charge in [-0.1, -0.05) is 33.1 Å². The van der Waals surface area contributed by atoms with Crippen LogP contribution in [-0.4, -0.2) is 0 Å². The summed E-state index contributed by atoms with van der Waals surface area (Å²) in [7, 11) is 0. The van der Waals surface area contributed by atoms with Crippen molar-refractivity contribution in [1.29, 1.82) is 0 Å². The van der Waals surface area contributed by atoms with Crippen LogP contribution in [0, 0.1) is 17.3 Å². The number of rotatable bonds is 1. The van der Waals surface area contributed by atoms with Crippen LogP contribution in [0.4, 0.5) is 0 Å². The molecule has 70 valence electrons. The molecule has 2 aliphatic carbocycles. The summed E-state index contributed by atoms with van der Waals surface area (Å²) in [5.74, 6) is 2.15. The first-order valence-electron chi connectivity index (χ1n) is 5.77. The van der Waals surface area contributed by atoms with Gasteiger partial charge in [0.15, 0.2) is 0 Å². The molecule has 0 amide bonds. The minimum absolute atomic E-state index is 0.757. The summed E-state index contributed by atoms with van der Waals surface area (Å²) in [6.45, 7) is 4.95. The number of hydrogen-bond acceptors (Lipinski definition) is 0. The first kappa shape index (κ1) is 8.59. The quantitative estimate of drug-likeness (QED) is 0.552. The van der Waals surface area contributed by atoms with Crippen LogP contribution in [0.5, 0.6) is 0 Å². The molecule has 0 spiro atoms. The highest BCUT2D eigenvalue weighted by atomic mass is 14.5. The summed E-state index contributed by atoms with van der Waals surface area (Å²) in [6.07, 6.45) is 10.6. The zero-order chi connectivity index (χ0) is 8.60. The second-order valence-electron chi connectivity index (χ2n) is 5.13. The summed E-state index contributed by atoms with van der Waals surface area (Å²) >= 11 is 0. The van der Waals surface area contributed by atoms with Gasteiger partial charge in [-0.05, 0) is 42.9 Å². The van der Waals surface area contributed by atoms with E-state index in [1.807, 2.05) is 0 Å². The van der Waals surface area contributed by atoms with Gasteiger partial charge in [0.1, 0.15) is 0 Å². The lowest BCUT2D eigenvalue weighted by atomic mass is 9.65. The Morgan fingerprint density at radius 1 is 1.17 bits per heavy atom. The van der Waals surface area contributed by atoms with Gasteiger partial charge in [0.05, 0.1) is 0 Å². The molecule has 0 heteroatoms. The Morgan fingerprint density at radius 3 is 2.75 bits per heavy atom. The van der Waals surface area contributed by atoms with Crippen molar-refractivity contribution in [3.05, 3.63) is 0 Å². The third-order valence-electron chi connectivity index (χ3n) is 4.74. The first-order chi connectivity index (χ1) is 5.77. The fraction of sp³-hybridized carbons (Fsp3) is 1.00. The standard InChI is InChI=1S/C12H22/c1-3-10-7-8-11-6-4-5-9-12(10,11)2/h10-11H,3-9H2,1-2H3/t10-,11+,12+/m0/s1. The molecule has 12 heavy (non-hydrogen) atoms. The molecule has 0 bridgehead atoms. The Kier molecular flexibility index (Phi) is 2.18. The highest BCUT2D eigenvalue weighted by molar-refractivity contribution is 4.96. The average Bonchev–Trinajstić information content (AvgIpc) is 2.41. The second kappa shape index (κ2) is 3.05. The van der Waals surface area contributed by atoms with Crippen LogP contribution in [0.2, 0.25) is 0 Å². The zero-order valence-electron chi connectivity index (χ0n) is 8.60. The van der Waals surface area contributed by atoms with E-state index in [9.17, 15) is 0 Å². The lowest BCUT2D eigenvalue weighted by Crippen LogP contribution is -2.31. The minimum atomic E-state index is 0.757. The minimum Gasteiger partial charge on any atom is -0.0651 e. The molecular weight excluding hydrogens is 144 g/mol. The van der Waals surface area contributed by atoms with Crippen LogP contribution in [0.25, 0.3) is 0 Å². The molecule has 2 saturated carbocycles. The molecule has 0 nitrogen and oxygen atoms in total. The van der Waals surface area contributed by atoms with E-state index < -0.39 is 0 Å². The average molecular weight is 166 g/mol. The molecule has 2 rings (SSSR count). The van der Waals surface area contributed by atoms with E-state index in [2.05, 4.69) is 13.8 Å². The summed E-state index contributed by atoms with van der Waals surface area (Å²) in [5, 5.41) is 0. The predicted octanol–water partition coefficient (Wildman–Crippen LogP) is 4.00. The molecule has 0 aromatic heterocycles. The van der Waals surface area contributed by atoms with Crippen LogP contribution in [0.1, 0.15) is 58.8 Å². The molecule has 0 aromatic rings. The van der Waals surface area contributed by atoms with Crippen molar-refractivity contribution >= 4 is 0 Å². The molecule has 3 atom stereocenters. The smallest absolute Gasteiger partial charge is 0.0269 e. The van der Waals surface area contributed by atoms with E-state index in [0.29, 0.717) is 0 Å². The van der Waals surface area contributed by atoms with Crippen molar-refractivity contribution in [3.8, 4) is 0 Å². The molecule has 0 N–H and O–H groups in total. The number of fused-ring (bicyclic) bond motifs is 1. The molecule has 2 fully saturated rings. The van der Waals surface area contributed by atoms with Crippen molar-refractivity contribution in [2.75, 3.05) is 0 Å². The van der Waals surface area contributed by atoms with Gasteiger partial charge >= 0.3 is 0 Å². The van der Waals surface area contributed by atoms with Crippen molar-refractivity contribution < 1.29 is 0 Å². The van der Waals surface area contributed by atoms with Crippen molar-refractivity contribution in [2.24, 2.45) is 17.3 Å². The molecule has 0 aliphatic heterocycles. The van der Waals surface area contributed by atoms with Crippen molar-refractivity contribution in [3.63, 3.8) is 0 Å². The van der Waals surface area contributed by atoms with E-state index in [4.69, 9.17) is 0 Å². The maximum absolute atomic E-state index is 2.57. The maximum atomic E-state index is 2.57. The Hall–Kier alpha value is 0. The SMILES string of the molecule is CC[C@H]1CC[C@H]2CCCC[C@@]21C. The monoisotopic (exact) mass is 166 g/mol. The van der Waals surface area contributed by atoms with E-state index in [0.717, 1.165) is 17.3 Å². The fourth-order valence-electron chi connectivity index (χ4n) is 3.84. The second-order valence-corrected chi connectivity index (χ2v) is 5.13. The van der Waals surface area contributed by atoms with Gasteiger partial charge in [0.2, 0.25) is 0 Å². The Balaban J connectivity index is 2.13. The Morgan fingerprint density at radius 2 is 2.00 bits per heavy atom. The molecule has 0 heterocycles. The van der Waals surface area contributed by atoms with Gasteiger partial charge in [-0.15, -0.1) is 0 Å². The van der Waals surface area contributed by atoms with Gasteiger partial charge < -0.3 is 0 Å². The summed E-state index contributed by atoms with van der Waals surface area (Å²) in [5.41, 5.74) is 0.757. The lowest BCUT2D eigenvalue weighted by molar-refractivity contribution is 0.0974. The zero-order valence-corrected chi connectivity index (χ0v) is 8.60.